The van der Waals surface area contributed by atoms with Gasteiger partial charge in [-0.2, -0.15) is 0 Å². The van der Waals surface area contributed by atoms with Crippen LogP contribution in [-0.2, 0) is 11.3 Å². The summed E-state index contributed by atoms with van der Waals surface area (Å²) in [6.45, 7) is 3.16. The van der Waals surface area contributed by atoms with Crippen molar-refractivity contribution in [1.29, 1.82) is 0 Å². The number of nitrogens with zero attached hydrogens (tertiary/aromatic N) is 1. The Balaban J connectivity index is 2.11. The van der Waals surface area contributed by atoms with E-state index in [2.05, 4.69) is 5.32 Å². The number of rotatable bonds is 4. The zero-order valence-electron chi connectivity index (χ0n) is 9.74. The minimum Gasteiger partial charge on any atom is -0.356 e. The molecule has 0 fully saturated rings. The molecule has 0 aliphatic carbocycles. The molecule has 2 aromatic rings. The van der Waals surface area contributed by atoms with Crippen LogP contribution in [0.3, 0.4) is 0 Å². The molecule has 0 unspecified atom stereocenters. The van der Waals surface area contributed by atoms with Gasteiger partial charge in [0.2, 0.25) is 5.91 Å². The maximum Gasteiger partial charge on any atom is 0.221 e. The van der Waals surface area contributed by atoms with Gasteiger partial charge in [0.1, 0.15) is 5.82 Å². The van der Waals surface area contributed by atoms with E-state index in [-0.39, 0.29) is 11.7 Å². The first-order valence-electron chi connectivity index (χ1n) is 5.72. The standard InChI is InChI=1S/C13H15FN2O/c1-2-15-13(17)6-8-16-7-5-10-9-11(14)3-4-12(10)16/h3-5,7,9H,2,6,8H2,1H3,(H,15,17). The molecule has 0 saturated heterocycles. The number of fused-ring (bicyclic) bond motifs is 1. The summed E-state index contributed by atoms with van der Waals surface area (Å²) in [5.74, 6) is -0.199. The van der Waals surface area contributed by atoms with Crippen molar-refractivity contribution in [3.63, 3.8) is 0 Å². The lowest BCUT2D eigenvalue weighted by atomic mass is 10.2. The van der Waals surface area contributed by atoms with Crippen molar-refractivity contribution in [1.82, 2.24) is 9.88 Å². The highest BCUT2D eigenvalue weighted by molar-refractivity contribution is 5.80. The highest BCUT2D eigenvalue weighted by Crippen LogP contribution is 2.17. The molecule has 1 heterocycles. The van der Waals surface area contributed by atoms with Crippen LogP contribution < -0.4 is 5.32 Å². The Hall–Kier alpha value is -1.84. The van der Waals surface area contributed by atoms with Crippen LogP contribution >= 0.6 is 0 Å². The maximum absolute atomic E-state index is 13.0. The lowest BCUT2D eigenvalue weighted by Crippen LogP contribution is -2.23. The summed E-state index contributed by atoms with van der Waals surface area (Å²) in [5.41, 5.74) is 0.954. The summed E-state index contributed by atoms with van der Waals surface area (Å²) >= 11 is 0. The zero-order chi connectivity index (χ0) is 12.3. The monoisotopic (exact) mass is 234 g/mol. The second-order valence-electron chi connectivity index (χ2n) is 3.92. The smallest absolute Gasteiger partial charge is 0.221 e. The largest absolute Gasteiger partial charge is 0.356 e. The molecule has 17 heavy (non-hydrogen) atoms. The van der Waals surface area contributed by atoms with E-state index in [1.165, 1.54) is 12.1 Å². The molecular weight excluding hydrogens is 219 g/mol. The molecule has 0 atom stereocenters. The number of carbonyl (C=O) groups is 1. The third kappa shape index (κ3) is 2.64. The Kier molecular flexibility index (Phi) is 3.42. The third-order valence-electron chi connectivity index (χ3n) is 2.69. The fourth-order valence-electron chi connectivity index (χ4n) is 1.87. The van der Waals surface area contributed by atoms with Crippen LogP contribution in [0.5, 0.6) is 0 Å². The number of halogens is 1. The van der Waals surface area contributed by atoms with Gasteiger partial charge in [0.05, 0.1) is 0 Å². The second kappa shape index (κ2) is 4.99. The van der Waals surface area contributed by atoms with E-state index in [1.54, 1.807) is 6.07 Å². The SMILES string of the molecule is CCNC(=O)CCn1ccc2cc(F)ccc21. The number of benzene rings is 1. The van der Waals surface area contributed by atoms with Gasteiger partial charge in [-0.15, -0.1) is 0 Å². The Morgan fingerprint density at radius 1 is 1.41 bits per heavy atom. The van der Waals surface area contributed by atoms with Crippen molar-refractivity contribution in [3.05, 3.63) is 36.3 Å². The first-order chi connectivity index (χ1) is 8.20. The van der Waals surface area contributed by atoms with E-state index >= 15 is 0 Å². The molecule has 4 heteroatoms. The molecule has 1 N–H and O–H groups in total. The number of nitrogens with one attached hydrogen (secondary N) is 1. The van der Waals surface area contributed by atoms with Crippen LogP contribution in [0, 0.1) is 5.82 Å². The van der Waals surface area contributed by atoms with E-state index in [9.17, 15) is 9.18 Å². The fourth-order valence-corrected chi connectivity index (χ4v) is 1.87. The van der Waals surface area contributed by atoms with Gasteiger partial charge in [-0.25, -0.2) is 4.39 Å². The minimum absolute atomic E-state index is 0.0384. The number of aromatic nitrogens is 1. The van der Waals surface area contributed by atoms with Crippen molar-refractivity contribution < 1.29 is 9.18 Å². The Morgan fingerprint density at radius 3 is 3.00 bits per heavy atom. The molecule has 1 aromatic heterocycles. The second-order valence-corrected chi connectivity index (χ2v) is 3.92. The van der Waals surface area contributed by atoms with E-state index < -0.39 is 0 Å². The number of carbonyl (C=O) groups excluding carboxylic acids is 1. The van der Waals surface area contributed by atoms with Crippen molar-refractivity contribution in [2.75, 3.05) is 6.54 Å². The lowest BCUT2D eigenvalue weighted by Gasteiger charge is -2.05. The van der Waals surface area contributed by atoms with Crippen LogP contribution in [0.1, 0.15) is 13.3 Å². The molecule has 2 rings (SSSR count). The van der Waals surface area contributed by atoms with Gasteiger partial charge in [-0.1, -0.05) is 0 Å². The number of aryl methyl sites for hydroxylation is 1. The van der Waals surface area contributed by atoms with Crippen LogP contribution in [0.2, 0.25) is 0 Å². The summed E-state index contributed by atoms with van der Waals surface area (Å²) in [5, 5.41) is 3.61. The number of hydrogen-bond donors (Lipinski definition) is 1. The Morgan fingerprint density at radius 2 is 2.24 bits per heavy atom. The molecule has 0 aliphatic rings. The van der Waals surface area contributed by atoms with Crippen molar-refractivity contribution in [2.24, 2.45) is 0 Å². The van der Waals surface area contributed by atoms with Gasteiger partial charge >= 0.3 is 0 Å². The van der Waals surface area contributed by atoms with Crippen LogP contribution in [0.4, 0.5) is 4.39 Å². The highest BCUT2D eigenvalue weighted by atomic mass is 19.1. The maximum atomic E-state index is 13.0. The zero-order valence-corrected chi connectivity index (χ0v) is 9.74. The van der Waals surface area contributed by atoms with E-state index in [0.717, 1.165) is 10.9 Å². The summed E-state index contributed by atoms with van der Waals surface area (Å²) in [6, 6.07) is 6.53. The molecule has 1 aromatic carbocycles. The fraction of sp³-hybridized carbons (Fsp3) is 0.308. The van der Waals surface area contributed by atoms with Crippen LogP contribution in [0.25, 0.3) is 10.9 Å². The molecule has 0 radical (unpaired) electrons. The third-order valence-corrected chi connectivity index (χ3v) is 2.69. The average Bonchev–Trinajstić information content (AvgIpc) is 2.69. The quantitative estimate of drug-likeness (QED) is 0.865. The molecule has 0 spiro atoms. The van der Waals surface area contributed by atoms with E-state index in [0.29, 0.717) is 19.5 Å². The first-order valence-corrected chi connectivity index (χ1v) is 5.72. The van der Waals surface area contributed by atoms with Gasteiger partial charge in [0.15, 0.2) is 0 Å². The predicted octanol–water partition coefficient (Wildman–Crippen LogP) is 2.31. The van der Waals surface area contributed by atoms with E-state index in [1.807, 2.05) is 23.8 Å². The Labute approximate surface area is 99.2 Å². The molecule has 0 bridgehead atoms. The minimum atomic E-state index is -0.237. The van der Waals surface area contributed by atoms with Crippen molar-refractivity contribution in [3.8, 4) is 0 Å². The first kappa shape index (κ1) is 11.6. The highest BCUT2D eigenvalue weighted by Gasteiger charge is 2.04. The normalized spacial score (nSPS) is 10.7. The number of amides is 1. The average molecular weight is 234 g/mol. The summed E-state index contributed by atoms with van der Waals surface area (Å²) in [6.07, 6.45) is 2.32. The van der Waals surface area contributed by atoms with Crippen molar-refractivity contribution in [2.45, 2.75) is 19.9 Å². The van der Waals surface area contributed by atoms with Crippen LogP contribution in [0.15, 0.2) is 30.5 Å². The number of hydrogen-bond acceptors (Lipinski definition) is 1. The van der Waals surface area contributed by atoms with Gasteiger partial charge in [-0.05, 0) is 31.2 Å². The molecule has 1 amide bonds. The lowest BCUT2D eigenvalue weighted by molar-refractivity contribution is -0.121. The summed E-state index contributed by atoms with van der Waals surface area (Å²) in [4.78, 5) is 11.3. The summed E-state index contributed by atoms with van der Waals surface area (Å²) in [7, 11) is 0. The molecule has 0 aliphatic heterocycles. The van der Waals surface area contributed by atoms with Crippen molar-refractivity contribution >= 4 is 16.8 Å². The topological polar surface area (TPSA) is 34.0 Å². The van der Waals surface area contributed by atoms with Crippen LogP contribution in [-0.4, -0.2) is 17.0 Å². The molecule has 3 nitrogen and oxygen atoms in total. The predicted molar refractivity (Wildman–Crippen MR) is 65.2 cm³/mol. The molecular formula is C13H15FN2O. The summed E-state index contributed by atoms with van der Waals surface area (Å²) < 4.78 is 14.9. The van der Waals surface area contributed by atoms with E-state index in [4.69, 9.17) is 0 Å². The van der Waals surface area contributed by atoms with Gasteiger partial charge < -0.3 is 9.88 Å². The van der Waals surface area contributed by atoms with Gasteiger partial charge in [0, 0.05) is 36.6 Å². The molecule has 90 valence electrons. The Bertz CT molecular complexity index is 533. The van der Waals surface area contributed by atoms with Gasteiger partial charge in [-0.3, -0.25) is 4.79 Å². The van der Waals surface area contributed by atoms with Gasteiger partial charge in [0.25, 0.3) is 0 Å². The molecule has 0 saturated carbocycles.